The Balaban J connectivity index is 2.34. The summed E-state index contributed by atoms with van der Waals surface area (Å²) in [5.74, 6) is 0. The molecule has 0 saturated heterocycles. The highest BCUT2D eigenvalue weighted by molar-refractivity contribution is 5.67. The van der Waals surface area contributed by atoms with Gasteiger partial charge in [0.1, 0.15) is 5.60 Å². The summed E-state index contributed by atoms with van der Waals surface area (Å²) >= 11 is 0. The molecule has 1 amide bonds. The van der Waals surface area contributed by atoms with Crippen molar-refractivity contribution < 1.29 is 9.53 Å². The molecule has 0 aliphatic rings. The standard InChI is InChI=1S/C16H24N2O2/c1-16(2,3)20-15(19)18-11-7-6-9-13-8-4-5-10-14(13)12-17/h4-6,8-10H,7,11-12,17H2,1-3H3,(H,18,19). The normalized spacial score (nSPS) is 11.6. The SMILES string of the molecule is CC(C)(C)OC(=O)NCCC=Cc1ccccc1CN. The minimum Gasteiger partial charge on any atom is -0.444 e. The van der Waals surface area contributed by atoms with Gasteiger partial charge >= 0.3 is 6.09 Å². The molecular weight excluding hydrogens is 252 g/mol. The lowest BCUT2D eigenvalue weighted by molar-refractivity contribution is 0.0529. The number of hydrogen-bond donors (Lipinski definition) is 2. The monoisotopic (exact) mass is 276 g/mol. The summed E-state index contributed by atoms with van der Waals surface area (Å²) < 4.78 is 5.15. The van der Waals surface area contributed by atoms with Crippen LogP contribution in [0, 0.1) is 0 Å². The highest BCUT2D eigenvalue weighted by Gasteiger charge is 2.15. The first-order valence-corrected chi connectivity index (χ1v) is 6.84. The average molecular weight is 276 g/mol. The third-order valence-electron chi connectivity index (χ3n) is 2.55. The van der Waals surface area contributed by atoms with Crippen LogP contribution in [0.3, 0.4) is 0 Å². The maximum Gasteiger partial charge on any atom is 0.407 e. The first kappa shape index (κ1) is 16.2. The predicted octanol–water partition coefficient (Wildman–Crippen LogP) is 3.07. The number of rotatable bonds is 5. The Hall–Kier alpha value is -1.81. The molecule has 0 unspecified atom stereocenters. The van der Waals surface area contributed by atoms with Gasteiger partial charge in [0.05, 0.1) is 0 Å². The zero-order valence-electron chi connectivity index (χ0n) is 12.5. The summed E-state index contributed by atoms with van der Waals surface area (Å²) in [7, 11) is 0. The summed E-state index contributed by atoms with van der Waals surface area (Å²) in [5.41, 5.74) is 7.45. The van der Waals surface area contributed by atoms with Crippen LogP contribution in [-0.2, 0) is 11.3 Å². The predicted molar refractivity (Wildman–Crippen MR) is 82.2 cm³/mol. The molecule has 0 atom stereocenters. The van der Waals surface area contributed by atoms with Gasteiger partial charge in [-0.25, -0.2) is 4.79 Å². The van der Waals surface area contributed by atoms with Crippen LogP contribution < -0.4 is 11.1 Å². The van der Waals surface area contributed by atoms with E-state index in [1.165, 1.54) is 0 Å². The largest absolute Gasteiger partial charge is 0.444 e. The molecule has 1 aromatic rings. The van der Waals surface area contributed by atoms with Crippen LogP contribution >= 0.6 is 0 Å². The highest BCUT2D eigenvalue weighted by Crippen LogP contribution is 2.10. The molecule has 3 N–H and O–H groups in total. The number of amides is 1. The number of carbonyl (C=O) groups is 1. The highest BCUT2D eigenvalue weighted by atomic mass is 16.6. The second kappa shape index (κ2) is 7.70. The van der Waals surface area contributed by atoms with Crippen molar-refractivity contribution in [1.82, 2.24) is 5.32 Å². The van der Waals surface area contributed by atoms with Gasteiger partial charge in [-0.15, -0.1) is 0 Å². The van der Waals surface area contributed by atoms with E-state index in [1.54, 1.807) is 0 Å². The minimum absolute atomic E-state index is 0.381. The lowest BCUT2D eigenvalue weighted by atomic mass is 10.1. The van der Waals surface area contributed by atoms with Crippen LogP contribution in [0.1, 0.15) is 38.3 Å². The van der Waals surface area contributed by atoms with Crippen molar-refractivity contribution in [2.45, 2.75) is 39.3 Å². The van der Waals surface area contributed by atoms with E-state index in [9.17, 15) is 4.79 Å². The molecular formula is C16H24N2O2. The second-order valence-corrected chi connectivity index (χ2v) is 5.52. The van der Waals surface area contributed by atoms with Crippen molar-refractivity contribution in [2.75, 3.05) is 6.54 Å². The molecule has 0 aliphatic heterocycles. The van der Waals surface area contributed by atoms with Crippen molar-refractivity contribution in [3.05, 3.63) is 41.5 Å². The third kappa shape index (κ3) is 6.38. The van der Waals surface area contributed by atoms with Gasteiger partial charge < -0.3 is 15.8 Å². The maximum atomic E-state index is 11.4. The second-order valence-electron chi connectivity index (χ2n) is 5.52. The van der Waals surface area contributed by atoms with Gasteiger partial charge in [-0.1, -0.05) is 36.4 Å². The first-order chi connectivity index (χ1) is 9.42. The van der Waals surface area contributed by atoms with Gasteiger partial charge in [0.2, 0.25) is 0 Å². The van der Waals surface area contributed by atoms with Crippen molar-refractivity contribution in [1.29, 1.82) is 0 Å². The van der Waals surface area contributed by atoms with Crippen molar-refractivity contribution in [3.8, 4) is 0 Å². The topological polar surface area (TPSA) is 64.3 Å². The molecule has 0 spiro atoms. The van der Waals surface area contributed by atoms with Crippen LogP contribution in [-0.4, -0.2) is 18.2 Å². The van der Waals surface area contributed by atoms with E-state index in [4.69, 9.17) is 10.5 Å². The van der Waals surface area contributed by atoms with Crippen LogP contribution in [0.25, 0.3) is 6.08 Å². The van der Waals surface area contributed by atoms with E-state index in [0.717, 1.165) is 17.5 Å². The molecule has 0 heterocycles. The summed E-state index contributed by atoms with van der Waals surface area (Å²) in [4.78, 5) is 11.4. The van der Waals surface area contributed by atoms with E-state index >= 15 is 0 Å². The van der Waals surface area contributed by atoms with E-state index in [-0.39, 0.29) is 6.09 Å². The van der Waals surface area contributed by atoms with Crippen molar-refractivity contribution >= 4 is 12.2 Å². The molecule has 4 nitrogen and oxygen atoms in total. The van der Waals surface area contributed by atoms with Crippen LogP contribution in [0.4, 0.5) is 4.79 Å². The van der Waals surface area contributed by atoms with Gasteiger partial charge in [0, 0.05) is 13.1 Å². The Morgan fingerprint density at radius 3 is 2.70 bits per heavy atom. The number of alkyl carbamates (subject to hydrolysis) is 1. The molecule has 20 heavy (non-hydrogen) atoms. The number of ether oxygens (including phenoxy) is 1. The Kier molecular flexibility index (Phi) is 6.25. The lowest BCUT2D eigenvalue weighted by Gasteiger charge is -2.19. The fraction of sp³-hybridized carbons (Fsp3) is 0.438. The van der Waals surface area contributed by atoms with Crippen molar-refractivity contribution in [2.24, 2.45) is 5.73 Å². The van der Waals surface area contributed by atoms with E-state index in [0.29, 0.717) is 13.1 Å². The zero-order valence-corrected chi connectivity index (χ0v) is 12.5. The van der Waals surface area contributed by atoms with Gasteiger partial charge in [-0.05, 0) is 38.3 Å². The zero-order chi connectivity index (χ0) is 15.0. The molecule has 0 saturated carbocycles. The van der Waals surface area contributed by atoms with Crippen molar-refractivity contribution in [3.63, 3.8) is 0 Å². The summed E-state index contributed by atoms with van der Waals surface area (Å²) in [6.45, 7) is 6.61. The quantitative estimate of drug-likeness (QED) is 0.812. The fourth-order valence-corrected chi connectivity index (χ4v) is 1.66. The lowest BCUT2D eigenvalue weighted by Crippen LogP contribution is -2.32. The van der Waals surface area contributed by atoms with E-state index in [1.807, 2.05) is 57.2 Å². The average Bonchev–Trinajstić information content (AvgIpc) is 2.36. The Morgan fingerprint density at radius 2 is 2.05 bits per heavy atom. The molecule has 0 fully saturated rings. The molecule has 0 aromatic heterocycles. The molecule has 110 valence electrons. The van der Waals surface area contributed by atoms with E-state index in [2.05, 4.69) is 5.32 Å². The Bertz CT molecular complexity index is 462. The van der Waals surface area contributed by atoms with Gasteiger partial charge in [0.25, 0.3) is 0 Å². The number of nitrogens with one attached hydrogen (secondary N) is 1. The molecule has 0 radical (unpaired) electrons. The number of carbonyl (C=O) groups excluding carboxylic acids is 1. The molecule has 4 heteroatoms. The van der Waals surface area contributed by atoms with Crippen LogP contribution in [0.15, 0.2) is 30.3 Å². The summed E-state index contributed by atoms with van der Waals surface area (Å²) in [6.07, 6.45) is 4.41. The first-order valence-electron chi connectivity index (χ1n) is 6.84. The van der Waals surface area contributed by atoms with Crippen LogP contribution in [0.5, 0.6) is 0 Å². The summed E-state index contributed by atoms with van der Waals surface area (Å²) in [5, 5.41) is 2.72. The Labute approximate surface area is 121 Å². The maximum absolute atomic E-state index is 11.4. The molecule has 0 aliphatic carbocycles. The smallest absolute Gasteiger partial charge is 0.407 e. The Morgan fingerprint density at radius 1 is 1.35 bits per heavy atom. The minimum atomic E-state index is -0.458. The van der Waals surface area contributed by atoms with E-state index < -0.39 is 5.60 Å². The third-order valence-corrected chi connectivity index (χ3v) is 2.55. The number of hydrogen-bond acceptors (Lipinski definition) is 3. The molecule has 1 aromatic carbocycles. The van der Waals surface area contributed by atoms with Gasteiger partial charge in [-0.2, -0.15) is 0 Å². The fourth-order valence-electron chi connectivity index (χ4n) is 1.66. The molecule has 0 bridgehead atoms. The molecule has 1 rings (SSSR count). The van der Waals surface area contributed by atoms with Gasteiger partial charge in [0.15, 0.2) is 0 Å². The van der Waals surface area contributed by atoms with Gasteiger partial charge in [-0.3, -0.25) is 0 Å². The van der Waals surface area contributed by atoms with Crippen LogP contribution in [0.2, 0.25) is 0 Å². The number of nitrogens with two attached hydrogens (primary N) is 1. The number of benzene rings is 1. The summed E-state index contributed by atoms with van der Waals surface area (Å²) in [6, 6.07) is 8.00.